The molecule has 0 amide bonds. The second-order valence-electron chi connectivity index (χ2n) is 12.8. The lowest BCUT2D eigenvalue weighted by molar-refractivity contribution is 1.16. The van der Waals surface area contributed by atoms with E-state index in [0.717, 1.165) is 6.42 Å². The molecule has 220 valence electrons. The van der Waals surface area contributed by atoms with Crippen LogP contribution in [0.3, 0.4) is 0 Å². The predicted octanol–water partition coefficient (Wildman–Crippen LogP) is 7.45. The van der Waals surface area contributed by atoms with Crippen LogP contribution in [0.5, 0.6) is 0 Å². The van der Waals surface area contributed by atoms with Crippen molar-refractivity contribution in [3.8, 4) is 33.4 Å². The molecule has 0 saturated carbocycles. The first kappa shape index (κ1) is 28.9. The molecule has 1 aliphatic rings. The largest absolute Gasteiger partial charge is 0.264 e. The molecule has 0 bridgehead atoms. The van der Waals surface area contributed by atoms with Crippen molar-refractivity contribution in [2.45, 2.75) is 54.9 Å². The van der Waals surface area contributed by atoms with Crippen LogP contribution in [-0.4, -0.2) is 21.7 Å². The molecule has 3 nitrogen and oxygen atoms in total. The smallest absolute Gasteiger partial charge is 0.243 e. The van der Waals surface area contributed by atoms with Gasteiger partial charge in [-0.1, -0.05) is 63.9 Å². The Labute approximate surface area is 267 Å². The van der Waals surface area contributed by atoms with Gasteiger partial charge in [0.2, 0.25) is 6.71 Å². The van der Waals surface area contributed by atoms with Crippen molar-refractivity contribution in [3.05, 3.63) is 142 Å². The highest BCUT2D eigenvalue weighted by molar-refractivity contribution is 6.97. The van der Waals surface area contributed by atoms with Crippen molar-refractivity contribution in [1.29, 1.82) is 0 Å². The summed E-state index contributed by atoms with van der Waals surface area (Å²) in [4.78, 5) is 13.6. The summed E-state index contributed by atoms with van der Waals surface area (Å²) in [5.74, 6) is 0. The molecule has 0 spiro atoms. The minimum Gasteiger partial charge on any atom is -0.264 e. The van der Waals surface area contributed by atoms with Gasteiger partial charge in [-0.15, -0.1) is 0 Å². The highest BCUT2D eigenvalue weighted by atomic mass is 14.6. The Hall–Kier alpha value is -4.83. The number of benzene rings is 3. The zero-order chi connectivity index (χ0) is 31.4. The fraction of sp³-hybridized carbons (Fsp3) is 0.195. The van der Waals surface area contributed by atoms with Gasteiger partial charge in [-0.05, 0) is 129 Å². The highest BCUT2D eigenvalue weighted by Gasteiger charge is 2.38. The fourth-order valence-corrected chi connectivity index (χ4v) is 8.39. The molecule has 3 aromatic carbocycles. The summed E-state index contributed by atoms with van der Waals surface area (Å²) in [5, 5.41) is 0. The molecule has 0 radical (unpaired) electrons. The molecular formula is C41H38BN3. The van der Waals surface area contributed by atoms with Gasteiger partial charge >= 0.3 is 0 Å². The molecule has 0 aliphatic carbocycles. The number of hydrogen-bond acceptors (Lipinski definition) is 3. The van der Waals surface area contributed by atoms with Gasteiger partial charge in [0.1, 0.15) is 0 Å². The van der Waals surface area contributed by atoms with Crippen LogP contribution in [-0.2, 0) is 6.42 Å². The maximum Gasteiger partial charge on any atom is 0.243 e. The fourth-order valence-electron chi connectivity index (χ4n) is 8.39. The van der Waals surface area contributed by atoms with Crippen molar-refractivity contribution in [2.75, 3.05) is 0 Å². The molecule has 0 unspecified atom stereocenters. The first-order valence-electron chi connectivity index (χ1n) is 15.8. The van der Waals surface area contributed by atoms with Crippen molar-refractivity contribution < 1.29 is 0 Å². The zero-order valence-corrected chi connectivity index (χ0v) is 27.3. The quantitative estimate of drug-likeness (QED) is 0.202. The van der Waals surface area contributed by atoms with E-state index in [1.54, 1.807) is 0 Å². The maximum atomic E-state index is 4.54. The molecule has 0 fully saturated rings. The Bertz CT molecular complexity index is 2010. The van der Waals surface area contributed by atoms with Crippen LogP contribution in [0, 0.1) is 48.5 Å². The lowest BCUT2D eigenvalue weighted by Gasteiger charge is -2.35. The van der Waals surface area contributed by atoms with E-state index in [2.05, 4.69) is 106 Å². The second kappa shape index (κ2) is 11.3. The lowest BCUT2D eigenvalue weighted by Crippen LogP contribution is -2.60. The first-order valence-corrected chi connectivity index (χ1v) is 15.8. The molecular weight excluding hydrogens is 545 g/mol. The van der Waals surface area contributed by atoms with Crippen LogP contribution < -0.4 is 16.4 Å². The molecule has 1 aliphatic heterocycles. The summed E-state index contributed by atoms with van der Waals surface area (Å²) in [6.07, 6.45) is 12.5. The summed E-state index contributed by atoms with van der Waals surface area (Å²) < 4.78 is 0. The average molecular weight is 584 g/mol. The molecule has 0 saturated heterocycles. The molecule has 4 heteroatoms. The van der Waals surface area contributed by atoms with Gasteiger partial charge < -0.3 is 0 Å². The van der Waals surface area contributed by atoms with Crippen LogP contribution in [0.15, 0.2) is 91.8 Å². The molecule has 3 aromatic heterocycles. The third kappa shape index (κ3) is 4.71. The van der Waals surface area contributed by atoms with Crippen LogP contribution in [0.25, 0.3) is 33.4 Å². The van der Waals surface area contributed by atoms with E-state index in [0.29, 0.717) is 0 Å². The third-order valence-corrected chi connectivity index (χ3v) is 9.90. The van der Waals surface area contributed by atoms with Crippen molar-refractivity contribution in [2.24, 2.45) is 0 Å². The molecule has 0 N–H and O–H groups in total. The van der Waals surface area contributed by atoms with E-state index < -0.39 is 0 Å². The van der Waals surface area contributed by atoms with Gasteiger partial charge in [0, 0.05) is 53.9 Å². The number of rotatable bonds is 4. The van der Waals surface area contributed by atoms with Crippen LogP contribution >= 0.6 is 0 Å². The summed E-state index contributed by atoms with van der Waals surface area (Å²) in [7, 11) is 0. The van der Waals surface area contributed by atoms with Crippen LogP contribution in [0.1, 0.15) is 50.1 Å². The van der Waals surface area contributed by atoms with Gasteiger partial charge in [0.05, 0.1) is 0 Å². The van der Waals surface area contributed by atoms with E-state index >= 15 is 0 Å². The third-order valence-electron chi connectivity index (χ3n) is 9.90. The standard InChI is InChI=1S/C41H38BN3/c1-24-17-27(4)39(29(6)36(24)31-11-8-14-43-21-31)42-40-28(5)18-25(2)38(33-13-10-16-45-23-33)35(40)20-34-19-26(3)37(30(7)41(34)42)32-12-9-15-44-22-32/h8-19,21-23H,20H2,1-7H3. The molecule has 7 rings (SSSR count). The Morgan fingerprint density at radius 1 is 0.489 bits per heavy atom. The van der Waals surface area contributed by atoms with Crippen molar-refractivity contribution in [3.63, 3.8) is 0 Å². The van der Waals surface area contributed by atoms with Gasteiger partial charge in [-0.3, -0.25) is 15.0 Å². The molecule has 0 atom stereocenters. The summed E-state index contributed by atoms with van der Waals surface area (Å²) in [6.45, 7) is 16.1. The van der Waals surface area contributed by atoms with E-state index in [9.17, 15) is 0 Å². The SMILES string of the molecule is Cc1cc(C)c(-c2cccnc2)c(C)c1B1c2c(cc(C)c(-c3cccnc3)c2C)Cc2c1c(C)cc(C)c2-c1cccnc1. The monoisotopic (exact) mass is 583 g/mol. The summed E-state index contributed by atoms with van der Waals surface area (Å²) in [5.41, 5.74) is 23.7. The van der Waals surface area contributed by atoms with Crippen molar-refractivity contribution in [1.82, 2.24) is 15.0 Å². The van der Waals surface area contributed by atoms with Crippen molar-refractivity contribution >= 4 is 23.1 Å². The Balaban J connectivity index is 1.61. The number of pyridine rings is 3. The van der Waals surface area contributed by atoms with Gasteiger partial charge in [0.25, 0.3) is 0 Å². The van der Waals surface area contributed by atoms with E-state index in [-0.39, 0.29) is 6.71 Å². The maximum absolute atomic E-state index is 4.54. The Morgan fingerprint density at radius 3 is 1.44 bits per heavy atom. The van der Waals surface area contributed by atoms with E-state index in [1.807, 2.05) is 49.3 Å². The number of hydrogen-bond donors (Lipinski definition) is 0. The normalized spacial score (nSPS) is 12.2. The molecule has 4 heterocycles. The number of nitrogens with zero attached hydrogens (tertiary/aromatic N) is 3. The number of aryl methyl sites for hydroxylation is 5. The minimum atomic E-state index is 0.0758. The van der Waals surface area contributed by atoms with Gasteiger partial charge in [-0.2, -0.15) is 0 Å². The van der Waals surface area contributed by atoms with Crippen LogP contribution in [0.2, 0.25) is 0 Å². The molecule has 6 aromatic rings. The van der Waals surface area contributed by atoms with Gasteiger partial charge in [-0.25, -0.2) is 0 Å². The predicted molar refractivity (Wildman–Crippen MR) is 190 cm³/mol. The summed E-state index contributed by atoms with van der Waals surface area (Å²) >= 11 is 0. The minimum absolute atomic E-state index is 0.0758. The van der Waals surface area contributed by atoms with Gasteiger partial charge in [0.15, 0.2) is 0 Å². The average Bonchev–Trinajstić information content (AvgIpc) is 3.02. The molecule has 45 heavy (non-hydrogen) atoms. The summed E-state index contributed by atoms with van der Waals surface area (Å²) in [6, 6.07) is 20.0. The highest BCUT2D eigenvalue weighted by Crippen LogP contribution is 2.36. The van der Waals surface area contributed by atoms with Crippen LogP contribution in [0.4, 0.5) is 0 Å². The van der Waals surface area contributed by atoms with E-state index in [4.69, 9.17) is 0 Å². The topological polar surface area (TPSA) is 38.7 Å². The number of fused-ring (bicyclic) bond motifs is 2. The zero-order valence-electron chi connectivity index (χ0n) is 27.3. The second-order valence-corrected chi connectivity index (χ2v) is 12.8. The lowest BCUT2D eigenvalue weighted by atomic mass is 9.30. The number of aromatic nitrogens is 3. The van der Waals surface area contributed by atoms with E-state index in [1.165, 1.54) is 99.8 Å². The Morgan fingerprint density at radius 2 is 0.933 bits per heavy atom. The Kier molecular flexibility index (Phi) is 7.24. The first-order chi connectivity index (χ1) is 21.8.